The molecule has 0 aromatic heterocycles. The lowest BCUT2D eigenvalue weighted by molar-refractivity contribution is 0.00266. The van der Waals surface area contributed by atoms with Crippen LogP contribution in [-0.4, -0.2) is 43.0 Å². The van der Waals surface area contributed by atoms with Crippen molar-refractivity contribution in [1.29, 1.82) is 0 Å². The maximum atomic E-state index is 6.03. The van der Waals surface area contributed by atoms with Crippen molar-refractivity contribution in [2.75, 3.05) is 19.7 Å². The number of nitrogens with zero attached hydrogens (tertiary/aromatic N) is 1. The van der Waals surface area contributed by atoms with Gasteiger partial charge in [-0.15, -0.1) is 0 Å². The van der Waals surface area contributed by atoms with Crippen LogP contribution in [0.25, 0.3) is 0 Å². The second kappa shape index (κ2) is 11.9. The molecule has 1 fully saturated rings. The summed E-state index contributed by atoms with van der Waals surface area (Å²) in [7, 11) is 0. The van der Waals surface area contributed by atoms with Crippen LogP contribution in [0.1, 0.15) is 78.6 Å². The molecule has 3 nitrogen and oxygen atoms in total. The van der Waals surface area contributed by atoms with Gasteiger partial charge in [0.05, 0.1) is 18.8 Å². The quantitative estimate of drug-likeness (QED) is 0.436. The Hall–Kier alpha value is -0.640. The molecular formula is C22H39NO2. The molecule has 3 heteroatoms. The molecule has 0 saturated carbocycles. The average Bonchev–Trinajstić information content (AvgIpc) is 2.93. The summed E-state index contributed by atoms with van der Waals surface area (Å²) in [5, 5.41) is 0. The second-order valence-corrected chi connectivity index (χ2v) is 7.70. The van der Waals surface area contributed by atoms with Gasteiger partial charge >= 0.3 is 0 Å². The molecule has 0 spiro atoms. The highest BCUT2D eigenvalue weighted by Gasteiger charge is 2.26. The van der Waals surface area contributed by atoms with Crippen molar-refractivity contribution in [2.24, 2.45) is 0 Å². The molecule has 0 amide bonds. The lowest BCUT2D eigenvalue weighted by Gasteiger charge is -2.22. The Balaban J connectivity index is 1.50. The molecule has 3 atom stereocenters. The van der Waals surface area contributed by atoms with Gasteiger partial charge in [0.25, 0.3) is 0 Å². The third kappa shape index (κ3) is 8.06. The molecular weight excluding hydrogens is 310 g/mol. The standard InChI is InChI=1S/C22H39NO2/c1-4-5-6-7-8-9-10-11-21-12-14-22(15-13-21)24-17-16-23-18-19(2)25-20(23)3/h12-14,19-20,22H,4-11,15-18H2,1-3H3. The number of hydrogen-bond donors (Lipinski definition) is 0. The highest BCUT2D eigenvalue weighted by atomic mass is 16.5. The summed E-state index contributed by atoms with van der Waals surface area (Å²) in [5.41, 5.74) is 1.50. The van der Waals surface area contributed by atoms with Gasteiger partial charge < -0.3 is 9.47 Å². The first kappa shape index (κ1) is 20.7. The van der Waals surface area contributed by atoms with Crippen LogP contribution >= 0.6 is 0 Å². The van der Waals surface area contributed by atoms with E-state index in [1.165, 1.54) is 56.9 Å². The molecule has 0 radical (unpaired) electrons. The first-order chi connectivity index (χ1) is 12.2. The highest BCUT2D eigenvalue weighted by molar-refractivity contribution is 5.24. The lowest BCUT2D eigenvalue weighted by atomic mass is 9.99. The molecule has 0 N–H and O–H groups in total. The summed E-state index contributed by atoms with van der Waals surface area (Å²) >= 11 is 0. The monoisotopic (exact) mass is 349 g/mol. The summed E-state index contributed by atoms with van der Waals surface area (Å²) in [5.74, 6) is 0. The molecule has 3 unspecified atom stereocenters. The van der Waals surface area contributed by atoms with Crippen LogP contribution < -0.4 is 0 Å². The fraction of sp³-hybridized carbons (Fsp3) is 0.818. The average molecular weight is 350 g/mol. The Kier molecular flexibility index (Phi) is 9.82. The Labute approximate surface area is 155 Å². The van der Waals surface area contributed by atoms with Crippen molar-refractivity contribution in [2.45, 2.75) is 97.0 Å². The molecule has 2 aliphatic rings. The fourth-order valence-electron chi connectivity index (χ4n) is 3.78. The predicted octanol–water partition coefficient (Wildman–Crippen LogP) is 5.47. The highest BCUT2D eigenvalue weighted by Crippen LogP contribution is 2.20. The number of rotatable bonds is 12. The van der Waals surface area contributed by atoms with E-state index in [0.717, 1.165) is 26.1 Å². The van der Waals surface area contributed by atoms with Gasteiger partial charge in [-0.2, -0.15) is 0 Å². The van der Waals surface area contributed by atoms with E-state index in [0.29, 0.717) is 6.10 Å². The van der Waals surface area contributed by atoms with E-state index in [9.17, 15) is 0 Å². The summed E-state index contributed by atoms with van der Waals surface area (Å²) in [6.45, 7) is 9.32. The summed E-state index contributed by atoms with van der Waals surface area (Å²) < 4.78 is 11.8. The topological polar surface area (TPSA) is 21.7 Å². The van der Waals surface area contributed by atoms with Crippen molar-refractivity contribution in [1.82, 2.24) is 4.90 Å². The molecule has 1 saturated heterocycles. The Bertz CT molecular complexity index is 418. The van der Waals surface area contributed by atoms with Gasteiger partial charge in [0, 0.05) is 13.1 Å². The zero-order chi connectivity index (χ0) is 17.9. The van der Waals surface area contributed by atoms with E-state index in [-0.39, 0.29) is 12.3 Å². The van der Waals surface area contributed by atoms with Crippen LogP contribution in [0.15, 0.2) is 23.8 Å². The van der Waals surface area contributed by atoms with Crippen molar-refractivity contribution in [3.05, 3.63) is 23.8 Å². The van der Waals surface area contributed by atoms with Crippen LogP contribution in [0, 0.1) is 0 Å². The van der Waals surface area contributed by atoms with Gasteiger partial charge in [-0.3, -0.25) is 4.90 Å². The van der Waals surface area contributed by atoms with E-state index >= 15 is 0 Å². The van der Waals surface area contributed by atoms with Crippen LogP contribution in [0.4, 0.5) is 0 Å². The first-order valence-electron chi connectivity index (χ1n) is 10.6. The normalized spacial score (nSPS) is 27.0. The minimum Gasteiger partial charge on any atom is -0.372 e. The summed E-state index contributed by atoms with van der Waals surface area (Å²) in [6, 6.07) is 0. The molecule has 144 valence electrons. The number of ether oxygens (including phenoxy) is 2. The van der Waals surface area contributed by atoms with E-state index in [1.54, 1.807) is 0 Å². The van der Waals surface area contributed by atoms with E-state index in [4.69, 9.17) is 9.47 Å². The number of allylic oxidation sites excluding steroid dienone is 2. The van der Waals surface area contributed by atoms with Crippen LogP contribution in [0.3, 0.4) is 0 Å². The lowest BCUT2D eigenvalue weighted by Crippen LogP contribution is -2.32. The Morgan fingerprint density at radius 2 is 1.88 bits per heavy atom. The third-order valence-corrected chi connectivity index (χ3v) is 5.35. The molecule has 1 aliphatic heterocycles. The van der Waals surface area contributed by atoms with Crippen molar-refractivity contribution < 1.29 is 9.47 Å². The van der Waals surface area contributed by atoms with Crippen molar-refractivity contribution >= 4 is 0 Å². The smallest absolute Gasteiger partial charge is 0.108 e. The largest absolute Gasteiger partial charge is 0.372 e. The van der Waals surface area contributed by atoms with Gasteiger partial charge in [0.1, 0.15) is 6.23 Å². The number of unbranched alkanes of at least 4 members (excludes halogenated alkanes) is 6. The minimum absolute atomic E-state index is 0.231. The maximum absolute atomic E-state index is 6.03. The van der Waals surface area contributed by atoms with Crippen LogP contribution in [0.2, 0.25) is 0 Å². The van der Waals surface area contributed by atoms with E-state index < -0.39 is 0 Å². The first-order valence-corrected chi connectivity index (χ1v) is 10.6. The SMILES string of the molecule is CCCCCCCCCC1=CCC(OCCN2CC(C)OC2C)C=C1. The van der Waals surface area contributed by atoms with Crippen molar-refractivity contribution in [3.63, 3.8) is 0 Å². The molecule has 0 aromatic carbocycles. The van der Waals surface area contributed by atoms with Gasteiger partial charge in [-0.1, -0.05) is 69.2 Å². The second-order valence-electron chi connectivity index (χ2n) is 7.70. The zero-order valence-electron chi connectivity index (χ0n) is 16.7. The fourth-order valence-corrected chi connectivity index (χ4v) is 3.78. The zero-order valence-corrected chi connectivity index (χ0v) is 16.7. The molecule has 0 aromatic rings. The molecule has 1 heterocycles. The minimum atomic E-state index is 0.231. The van der Waals surface area contributed by atoms with E-state index in [2.05, 4.69) is 43.9 Å². The van der Waals surface area contributed by atoms with Gasteiger partial charge in [-0.25, -0.2) is 0 Å². The van der Waals surface area contributed by atoms with Gasteiger partial charge in [-0.05, 0) is 33.1 Å². The summed E-state index contributed by atoms with van der Waals surface area (Å²) in [4.78, 5) is 2.36. The van der Waals surface area contributed by atoms with Gasteiger partial charge in [0.15, 0.2) is 0 Å². The Morgan fingerprint density at radius 3 is 2.52 bits per heavy atom. The Morgan fingerprint density at radius 1 is 1.12 bits per heavy atom. The molecule has 25 heavy (non-hydrogen) atoms. The maximum Gasteiger partial charge on any atom is 0.108 e. The number of hydrogen-bond acceptors (Lipinski definition) is 3. The van der Waals surface area contributed by atoms with E-state index in [1.807, 2.05) is 0 Å². The van der Waals surface area contributed by atoms with Crippen LogP contribution in [-0.2, 0) is 9.47 Å². The third-order valence-electron chi connectivity index (χ3n) is 5.35. The molecule has 2 rings (SSSR count). The molecule has 1 aliphatic carbocycles. The summed E-state index contributed by atoms with van der Waals surface area (Å²) in [6.07, 6.45) is 19.7. The van der Waals surface area contributed by atoms with Crippen LogP contribution in [0.5, 0.6) is 0 Å². The van der Waals surface area contributed by atoms with Crippen molar-refractivity contribution in [3.8, 4) is 0 Å². The predicted molar refractivity (Wildman–Crippen MR) is 106 cm³/mol. The molecule has 0 bridgehead atoms. The van der Waals surface area contributed by atoms with Gasteiger partial charge in [0.2, 0.25) is 0 Å².